The molecule has 0 aliphatic carbocycles. The lowest BCUT2D eigenvalue weighted by atomic mass is 10.1. The molecule has 9 heteroatoms. The molecule has 3 rings (SSSR count). The van der Waals surface area contributed by atoms with Crippen molar-refractivity contribution >= 4 is 16.0 Å². The number of rotatable bonds is 9. The molecule has 0 aromatic heterocycles. The minimum atomic E-state index is -4.37. The number of methoxy groups -OCH3 is 1. The summed E-state index contributed by atoms with van der Waals surface area (Å²) in [7, 11) is -3.10. The first-order valence-electron chi connectivity index (χ1n) is 10.6. The molecule has 6 nitrogen and oxygen atoms in total. The van der Waals surface area contributed by atoms with E-state index in [1.54, 1.807) is 18.2 Å². The van der Waals surface area contributed by atoms with Gasteiger partial charge < -0.3 is 13.8 Å². The predicted octanol–water partition coefficient (Wildman–Crippen LogP) is 5.18. The van der Waals surface area contributed by atoms with Crippen molar-refractivity contribution in [1.29, 1.82) is 0 Å². The molecule has 0 aliphatic heterocycles. The summed E-state index contributed by atoms with van der Waals surface area (Å²) >= 11 is 0. The minimum absolute atomic E-state index is 0.000860. The average molecular weight is 490 g/mol. The van der Waals surface area contributed by atoms with E-state index in [2.05, 4.69) is 0 Å². The van der Waals surface area contributed by atoms with Gasteiger partial charge in [-0.15, -0.1) is 0 Å². The summed E-state index contributed by atoms with van der Waals surface area (Å²) in [5, 5.41) is 0. The van der Waals surface area contributed by atoms with Gasteiger partial charge >= 0.3 is 10.1 Å². The van der Waals surface area contributed by atoms with Crippen molar-refractivity contribution in [1.82, 2.24) is 4.90 Å². The minimum Gasteiger partial charge on any atom is -0.494 e. The van der Waals surface area contributed by atoms with Crippen molar-refractivity contribution in [3.63, 3.8) is 0 Å². The van der Waals surface area contributed by atoms with Crippen LogP contribution in [0, 0.1) is 11.6 Å². The molecule has 180 valence electrons. The average Bonchev–Trinajstić information content (AvgIpc) is 2.82. The number of benzene rings is 3. The Morgan fingerprint density at radius 1 is 1.00 bits per heavy atom. The third-order valence-corrected chi connectivity index (χ3v) is 6.61. The topological polar surface area (TPSA) is 72.9 Å². The third kappa shape index (κ3) is 5.72. The molecule has 0 spiro atoms. The molecule has 1 atom stereocenters. The number of hydrogen-bond acceptors (Lipinski definition) is 5. The van der Waals surface area contributed by atoms with Gasteiger partial charge in [-0.25, -0.2) is 8.78 Å². The maximum Gasteiger partial charge on any atom is 0.339 e. The normalized spacial score (nSPS) is 12.1. The molecule has 0 aliphatic rings. The molecule has 0 radical (unpaired) electrons. The van der Waals surface area contributed by atoms with Gasteiger partial charge in [0, 0.05) is 23.7 Å². The van der Waals surface area contributed by atoms with Crippen molar-refractivity contribution in [2.24, 2.45) is 0 Å². The Morgan fingerprint density at radius 2 is 1.74 bits per heavy atom. The largest absolute Gasteiger partial charge is 0.494 e. The summed E-state index contributed by atoms with van der Waals surface area (Å²) in [6.45, 7) is 3.77. The van der Waals surface area contributed by atoms with Crippen molar-refractivity contribution in [3.8, 4) is 11.5 Å². The van der Waals surface area contributed by atoms with Crippen molar-refractivity contribution < 1.29 is 30.9 Å². The first-order valence-corrected chi connectivity index (χ1v) is 12.0. The number of carbonyl (C=O) groups excluding carboxylic acids is 1. The van der Waals surface area contributed by atoms with Gasteiger partial charge in [0.2, 0.25) is 0 Å². The SMILES string of the molecule is CC[C@H](C)N(Cc1ccccc1OS(=O)(=O)c1ccc(OC)c(F)c1)C(=O)c1cccc(F)c1. The number of ether oxygens (including phenoxy) is 1. The molecular weight excluding hydrogens is 464 g/mol. The van der Waals surface area contributed by atoms with Crippen LogP contribution in [0.25, 0.3) is 0 Å². The van der Waals surface area contributed by atoms with Gasteiger partial charge in [-0.1, -0.05) is 31.2 Å². The predicted molar refractivity (Wildman–Crippen MR) is 123 cm³/mol. The molecule has 1 amide bonds. The van der Waals surface area contributed by atoms with E-state index >= 15 is 0 Å². The van der Waals surface area contributed by atoms with E-state index in [4.69, 9.17) is 8.92 Å². The zero-order valence-corrected chi connectivity index (χ0v) is 19.8. The van der Waals surface area contributed by atoms with Gasteiger partial charge in [0.05, 0.1) is 7.11 Å². The van der Waals surface area contributed by atoms with E-state index in [1.165, 1.54) is 48.4 Å². The molecule has 0 saturated carbocycles. The van der Waals surface area contributed by atoms with E-state index in [-0.39, 0.29) is 34.5 Å². The Labute approximate surface area is 197 Å². The Kier molecular flexibility index (Phi) is 7.88. The molecule has 0 bridgehead atoms. The highest BCUT2D eigenvalue weighted by molar-refractivity contribution is 7.87. The summed E-state index contributed by atoms with van der Waals surface area (Å²) in [5.41, 5.74) is 0.602. The maximum atomic E-state index is 14.1. The number of para-hydroxylation sites is 1. The summed E-state index contributed by atoms with van der Waals surface area (Å²) in [5.74, 6) is -1.87. The quantitative estimate of drug-likeness (QED) is 0.387. The second-order valence-corrected chi connectivity index (χ2v) is 9.19. The molecule has 0 fully saturated rings. The van der Waals surface area contributed by atoms with Crippen LogP contribution in [0.1, 0.15) is 36.2 Å². The zero-order valence-electron chi connectivity index (χ0n) is 19.0. The van der Waals surface area contributed by atoms with E-state index < -0.39 is 27.7 Å². The fraction of sp³-hybridized carbons (Fsp3) is 0.240. The van der Waals surface area contributed by atoms with E-state index in [1.807, 2.05) is 13.8 Å². The third-order valence-electron chi connectivity index (χ3n) is 5.38. The molecule has 0 saturated heterocycles. The van der Waals surface area contributed by atoms with Crippen LogP contribution < -0.4 is 8.92 Å². The maximum absolute atomic E-state index is 14.1. The van der Waals surface area contributed by atoms with Crippen LogP contribution in [0.5, 0.6) is 11.5 Å². The molecule has 0 unspecified atom stereocenters. The first kappa shape index (κ1) is 25.2. The zero-order chi connectivity index (χ0) is 24.9. The van der Waals surface area contributed by atoms with Crippen LogP contribution in [0.4, 0.5) is 8.78 Å². The summed E-state index contributed by atoms with van der Waals surface area (Å²) in [4.78, 5) is 14.3. The van der Waals surface area contributed by atoms with Gasteiger partial charge in [0.15, 0.2) is 11.6 Å². The Balaban J connectivity index is 1.92. The van der Waals surface area contributed by atoms with Gasteiger partial charge in [0.1, 0.15) is 16.5 Å². The number of halogens is 2. The van der Waals surface area contributed by atoms with E-state index in [0.717, 1.165) is 12.1 Å². The molecule has 3 aromatic rings. The van der Waals surface area contributed by atoms with Crippen molar-refractivity contribution in [2.75, 3.05) is 7.11 Å². The fourth-order valence-electron chi connectivity index (χ4n) is 3.30. The van der Waals surface area contributed by atoms with Crippen LogP contribution in [-0.4, -0.2) is 32.4 Å². The van der Waals surface area contributed by atoms with Gasteiger partial charge in [-0.3, -0.25) is 4.79 Å². The summed E-state index contributed by atoms with van der Waals surface area (Å²) < 4.78 is 63.6. The molecule has 34 heavy (non-hydrogen) atoms. The summed E-state index contributed by atoms with van der Waals surface area (Å²) in [6, 6.07) is 14.7. The number of carbonyl (C=O) groups is 1. The van der Waals surface area contributed by atoms with Crippen molar-refractivity contribution in [3.05, 3.63) is 89.5 Å². The molecule has 0 N–H and O–H groups in total. The smallest absolute Gasteiger partial charge is 0.339 e. The first-order chi connectivity index (χ1) is 16.2. The van der Waals surface area contributed by atoms with Gasteiger partial charge in [-0.2, -0.15) is 8.42 Å². The number of hydrogen-bond donors (Lipinski definition) is 0. The van der Waals surface area contributed by atoms with Gasteiger partial charge in [-0.05, 0) is 55.8 Å². The lowest BCUT2D eigenvalue weighted by molar-refractivity contribution is 0.0670. The number of nitrogens with zero attached hydrogens (tertiary/aromatic N) is 1. The fourth-order valence-corrected chi connectivity index (χ4v) is 4.28. The highest BCUT2D eigenvalue weighted by Gasteiger charge is 2.25. The highest BCUT2D eigenvalue weighted by Crippen LogP contribution is 2.28. The Hall–Kier alpha value is -3.46. The Morgan fingerprint density at radius 3 is 2.38 bits per heavy atom. The Bertz CT molecular complexity index is 1280. The van der Waals surface area contributed by atoms with Crippen LogP contribution in [0.2, 0.25) is 0 Å². The second-order valence-electron chi connectivity index (χ2n) is 7.64. The van der Waals surface area contributed by atoms with Crippen LogP contribution >= 0.6 is 0 Å². The lowest BCUT2D eigenvalue weighted by Crippen LogP contribution is -2.38. The lowest BCUT2D eigenvalue weighted by Gasteiger charge is -2.29. The van der Waals surface area contributed by atoms with Crippen LogP contribution in [0.15, 0.2) is 71.6 Å². The monoisotopic (exact) mass is 489 g/mol. The van der Waals surface area contributed by atoms with Crippen LogP contribution in [-0.2, 0) is 16.7 Å². The summed E-state index contributed by atoms with van der Waals surface area (Å²) in [6.07, 6.45) is 0.619. The second kappa shape index (κ2) is 10.6. The molecule has 0 heterocycles. The molecule has 3 aromatic carbocycles. The van der Waals surface area contributed by atoms with Crippen molar-refractivity contribution in [2.45, 2.75) is 37.8 Å². The van der Waals surface area contributed by atoms with E-state index in [0.29, 0.717) is 12.0 Å². The van der Waals surface area contributed by atoms with Gasteiger partial charge in [0.25, 0.3) is 5.91 Å². The highest BCUT2D eigenvalue weighted by atomic mass is 32.2. The standard InChI is InChI=1S/C25H25F2NO5S/c1-4-17(2)28(25(29)18-9-7-10-20(26)14-18)16-19-8-5-6-11-23(19)33-34(30,31)21-12-13-24(32-3)22(27)15-21/h5-15,17H,4,16H2,1-3H3/t17-/m0/s1. The number of amides is 1. The van der Waals surface area contributed by atoms with E-state index in [9.17, 15) is 22.0 Å². The van der Waals surface area contributed by atoms with Crippen LogP contribution in [0.3, 0.4) is 0 Å². The molecular formula is C25H25F2NO5S.